The van der Waals surface area contributed by atoms with E-state index in [0.29, 0.717) is 6.04 Å². The van der Waals surface area contributed by atoms with E-state index in [4.69, 9.17) is 0 Å². The molecule has 2 aliphatic rings. The van der Waals surface area contributed by atoms with Crippen LogP contribution in [0, 0.1) is 12.8 Å². The van der Waals surface area contributed by atoms with Gasteiger partial charge in [-0.3, -0.25) is 0 Å². The number of aromatic nitrogens is 1. The third kappa shape index (κ3) is 1.74. The average Bonchev–Trinajstić information content (AvgIpc) is 2.81. The van der Waals surface area contributed by atoms with Crippen LogP contribution in [0.5, 0.6) is 0 Å². The van der Waals surface area contributed by atoms with Gasteiger partial charge < -0.3 is 10.2 Å². The molecule has 3 rings (SSSR count). The van der Waals surface area contributed by atoms with Crippen molar-refractivity contribution in [2.75, 3.05) is 24.5 Å². The van der Waals surface area contributed by atoms with Gasteiger partial charge in [0.25, 0.3) is 0 Å². The van der Waals surface area contributed by atoms with Crippen LogP contribution in [0.25, 0.3) is 0 Å². The van der Waals surface area contributed by atoms with Gasteiger partial charge in [0.15, 0.2) is 0 Å². The molecule has 1 aromatic heterocycles. The van der Waals surface area contributed by atoms with E-state index >= 15 is 0 Å². The number of nitrogens with zero attached hydrogens (tertiary/aromatic N) is 2. The van der Waals surface area contributed by atoms with E-state index in [1.807, 2.05) is 6.20 Å². The predicted molar refractivity (Wildman–Crippen MR) is 68.8 cm³/mol. The zero-order valence-corrected chi connectivity index (χ0v) is 11.0. The molecule has 1 aromatic rings. The molecule has 86 valence electrons. The molecule has 0 radical (unpaired) electrons. The normalized spacial score (nSPS) is 28.5. The molecule has 2 atom stereocenters. The van der Waals surface area contributed by atoms with Gasteiger partial charge in [0, 0.05) is 19.1 Å². The molecule has 0 saturated carbocycles. The molecule has 2 fully saturated rings. The Kier molecular flexibility index (Phi) is 2.64. The van der Waals surface area contributed by atoms with Crippen LogP contribution < -0.4 is 10.2 Å². The van der Waals surface area contributed by atoms with Gasteiger partial charge in [-0.05, 0) is 53.4 Å². The molecular formula is C12H16BrN3. The molecule has 0 bridgehead atoms. The number of nitrogens with one attached hydrogen (secondary N) is 1. The third-order valence-corrected chi connectivity index (χ3v) is 4.56. The second kappa shape index (κ2) is 4.00. The summed E-state index contributed by atoms with van der Waals surface area (Å²) in [6, 6.07) is 2.92. The van der Waals surface area contributed by atoms with Crippen molar-refractivity contribution in [3.8, 4) is 0 Å². The second-order valence-electron chi connectivity index (χ2n) is 4.82. The molecule has 0 amide bonds. The van der Waals surface area contributed by atoms with Gasteiger partial charge in [-0.2, -0.15) is 0 Å². The second-order valence-corrected chi connectivity index (χ2v) is 5.57. The van der Waals surface area contributed by atoms with E-state index in [1.165, 1.54) is 30.8 Å². The summed E-state index contributed by atoms with van der Waals surface area (Å²) in [5, 5.41) is 3.57. The monoisotopic (exact) mass is 281 g/mol. The lowest BCUT2D eigenvalue weighted by atomic mass is 10.1. The van der Waals surface area contributed by atoms with Crippen LogP contribution >= 0.6 is 15.9 Å². The molecule has 3 nitrogen and oxygen atoms in total. The first-order valence-corrected chi connectivity index (χ1v) is 6.64. The molecule has 0 aromatic carbocycles. The van der Waals surface area contributed by atoms with Crippen molar-refractivity contribution >= 4 is 21.6 Å². The third-order valence-electron chi connectivity index (χ3n) is 3.73. The van der Waals surface area contributed by atoms with Crippen LogP contribution in [0.4, 0.5) is 5.69 Å². The fraction of sp³-hybridized carbons (Fsp3) is 0.583. The van der Waals surface area contributed by atoms with E-state index in [2.05, 4.69) is 44.1 Å². The summed E-state index contributed by atoms with van der Waals surface area (Å²) < 4.78 is 0.953. The zero-order chi connectivity index (χ0) is 11.1. The number of hydrogen-bond acceptors (Lipinski definition) is 3. The molecule has 3 heterocycles. The summed E-state index contributed by atoms with van der Waals surface area (Å²) >= 11 is 3.44. The SMILES string of the molecule is Cc1cc(N2C[C@H]3CCN[C@H]3C2)cnc1Br. The number of pyridine rings is 1. The van der Waals surface area contributed by atoms with Crippen molar-refractivity contribution in [2.45, 2.75) is 19.4 Å². The Morgan fingerprint density at radius 1 is 1.50 bits per heavy atom. The lowest BCUT2D eigenvalue weighted by Gasteiger charge is -2.19. The number of halogens is 1. The van der Waals surface area contributed by atoms with Crippen molar-refractivity contribution < 1.29 is 0 Å². The Bertz CT molecular complexity index is 395. The van der Waals surface area contributed by atoms with Crippen molar-refractivity contribution in [2.24, 2.45) is 5.92 Å². The average molecular weight is 282 g/mol. The number of hydrogen-bond donors (Lipinski definition) is 1. The molecule has 0 aliphatic carbocycles. The lowest BCUT2D eigenvalue weighted by Crippen LogP contribution is -2.30. The van der Waals surface area contributed by atoms with Crippen LogP contribution in [-0.4, -0.2) is 30.7 Å². The van der Waals surface area contributed by atoms with Gasteiger partial charge >= 0.3 is 0 Å². The molecule has 4 heteroatoms. The molecule has 0 spiro atoms. The van der Waals surface area contributed by atoms with E-state index in [-0.39, 0.29) is 0 Å². The maximum Gasteiger partial charge on any atom is 0.109 e. The number of aryl methyl sites for hydroxylation is 1. The van der Waals surface area contributed by atoms with Crippen molar-refractivity contribution in [1.82, 2.24) is 10.3 Å². The van der Waals surface area contributed by atoms with Gasteiger partial charge in [-0.15, -0.1) is 0 Å². The Morgan fingerprint density at radius 2 is 2.38 bits per heavy atom. The Labute approximate surface area is 104 Å². The lowest BCUT2D eigenvalue weighted by molar-refractivity contribution is 0.556. The minimum atomic E-state index is 0.698. The maximum atomic E-state index is 4.37. The minimum absolute atomic E-state index is 0.698. The van der Waals surface area contributed by atoms with Crippen LogP contribution in [-0.2, 0) is 0 Å². The summed E-state index contributed by atoms with van der Waals surface area (Å²) in [6.45, 7) is 5.60. The fourth-order valence-electron chi connectivity index (χ4n) is 2.78. The molecular weight excluding hydrogens is 266 g/mol. The highest BCUT2D eigenvalue weighted by Gasteiger charge is 2.35. The van der Waals surface area contributed by atoms with Gasteiger partial charge in [0.2, 0.25) is 0 Å². The predicted octanol–water partition coefficient (Wildman–Crippen LogP) is 1.95. The fourth-order valence-corrected chi connectivity index (χ4v) is 2.99. The van der Waals surface area contributed by atoms with Crippen LogP contribution in [0.2, 0.25) is 0 Å². The van der Waals surface area contributed by atoms with Crippen molar-refractivity contribution in [1.29, 1.82) is 0 Å². The topological polar surface area (TPSA) is 28.2 Å². The van der Waals surface area contributed by atoms with E-state index in [9.17, 15) is 0 Å². The van der Waals surface area contributed by atoms with E-state index in [0.717, 1.165) is 17.1 Å². The van der Waals surface area contributed by atoms with Crippen LogP contribution in [0.15, 0.2) is 16.9 Å². The highest BCUT2D eigenvalue weighted by Crippen LogP contribution is 2.29. The molecule has 0 unspecified atom stereocenters. The first-order valence-electron chi connectivity index (χ1n) is 5.84. The van der Waals surface area contributed by atoms with Crippen molar-refractivity contribution in [3.05, 3.63) is 22.4 Å². The standard InChI is InChI=1S/C12H16BrN3/c1-8-4-10(5-15-12(8)13)16-6-9-2-3-14-11(9)7-16/h4-5,9,11,14H,2-3,6-7H2,1H3/t9-,11+/m1/s1. The molecule has 2 aliphatic heterocycles. The van der Waals surface area contributed by atoms with Gasteiger partial charge in [0.1, 0.15) is 4.60 Å². The first-order chi connectivity index (χ1) is 7.74. The minimum Gasteiger partial charge on any atom is -0.368 e. The summed E-state index contributed by atoms with van der Waals surface area (Å²) in [4.78, 5) is 6.82. The number of rotatable bonds is 1. The van der Waals surface area contributed by atoms with Gasteiger partial charge in [0.05, 0.1) is 11.9 Å². The van der Waals surface area contributed by atoms with E-state index in [1.54, 1.807) is 0 Å². The molecule has 1 N–H and O–H groups in total. The highest BCUT2D eigenvalue weighted by molar-refractivity contribution is 9.10. The largest absolute Gasteiger partial charge is 0.368 e. The summed E-state index contributed by atoms with van der Waals surface area (Å²) in [7, 11) is 0. The highest BCUT2D eigenvalue weighted by atomic mass is 79.9. The quantitative estimate of drug-likeness (QED) is 0.798. The van der Waals surface area contributed by atoms with Crippen LogP contribution in [0.3, 0.4) is 0 Å². The van der Waals surface area contributed by atoms with Gasteiger partial charge in [-0.1, -0.05) is 0 Å². The molecule has 16 heavy (non-hydrogen) atoms. The van der Waals surface area contributed by atoms with Crippen molar-refractivity contribution in [3.63, 3.8) is 0 Å². The smallest absolute Gasteiger partial charge is 0.109 e. The number of anilines is 1. The first kappa shape index (κ1) is 10.5. The summed E-state index contributed by atoms with van der Waals surface area (Å²) in [6.07, 6.45) is 3.29. The Morgan fingerprint density at radius 3 is 3.12 bits per heavy atom. The van der Waals surface area contributed by atoms with Gasteiger partial charge in [-0.25, -0.2) is 4.98 Å². The molecule has 2 saturated heterocycles. The zero-order valence-electron chi connectivity index (χ0n) is 9.41. The Balaban J connectivity index is 1.81. The maximum absolute atomic E-state index is 4.37. The van der Waals surface area contributed by atoms with E-state index < -0.39 is 0 Å². The summed E-state index contributed by atoms with van der Waals surface area (Å²) in [5.41, 5.74) is 2.47. The van der Waals surface area contributed by atoms with Crippen LogP contribution in [0.1, 0.15) is 12.0 Å². The Hall–Kier alpha value is -0.610. The summed E-state index contributed by atoms with van der Waals surface area (Å²) in [5.74, 6) is 0.837. The number of fused-ring (bicyclic) bond motifs is 1.